The van der Waals surface area contributed by atoms with Crippen molar-refractivity contribution in [3.63, 3.8) is 0 Å². The molecule has 0 N–H and O–H groups in total. The van der Waals surface area contributed by atoms with Crippen LogP contribution in [-0.2, 0) is 0 Å². The SMILES string of the molecule is CC(C)Sc1ncc(-c2ccc(Br)cc2)n1-c1cccc(Cl)c1. The molecule has 3 aromatic rings. The number of rotatable bonds is 4. The van der Waals surface area contributed by atoms with Gasteiger partial charge in [0.25, 0.3) is 0 Å². The molecule has 1 aromatic heterocycles. The van der Waals surface area contributed by atoms with Gasteiger partial charge < -0.3 is 0 Å². The highest BCUT2D eigenvalue weighted by Gasteiger charge is 2.15. The third-order valence-corrected chi connectivity index (χ3v) is 5.01. The number of thioether (sulfide) groups is 1. The van der Waals surface area contributed by atoms with Crippen LogP contribution >= 0.6 is 39.3 Å². The number of nitrogens with zero attached hydrogens (tertiary/aromatic N) is 2. The highest BCUT2D eigenvalue weighted by Crippen LogP contribution is 2.32. The summed E-state index contributed by atoms with van der Waals surface area (Å²) in [6.45, 7) is 4.34. The van der Waals surface area contributed by atoms with Gasteiger partial charge in [-0.3, -0.25) is 4.57 Å². The Bertz CT molecular complexity index is 812. The summed E-state index contributed by atoms with van der Waals surface area (Å²) >= 11 is 11.4. The van der Waals surface area contributed by atoms with E-state index in [0.29, 0.717) is 5.25 Å². The molecule has 3 rings (SSSR count). The smallest absolute Gasteiger partial charge is 0.173 e. The second kappa shape index (κ2) is 7.12. The summed E-state index contributed by atoms with van der Waals surface area (Å²) in [6, 6.07) is 16.1. The highest BCUT2D eigenvalue weighted by atomic mass is 79.9. The first-order valence-corrected chi connectivity index (χ1v) is 9.36. The van der Waals surface area contributed by atoms with Gasteiger partial charge in [-0.25, -0.2) is 4.98 Å². The molecule has 23 heavy (non-hydrogen) atoms. The Morgan fingerprint density at radius 2 is 1.87 bits per heavy atom. The molecule has 0 aliphatic rings. The molecule has 0 unspecified atom stereocenters. The molecule has 5 heteroatoms. The number of hydrogen-bond donors (Lipinski definition) is 0. The van der Waals surface area contributed by atoms with E-state index in [2.05, 4.69) is 57.5 Å². The van der Waals surface area contributed by atoms with Crippen molar-refractivity contribution in [3.8, 4) is 16.9 Å². The lowest BCUT2D eigenvalue weighted by molar-refractivity contribution is 0.893. The largest absolute Gasteiger partial charge is 0.287 e. The fourth-order valence-corrected chi connectivity index (χ4v) is 3.61. The number of benzene rings is 2. The van der Waals surface area contributed by atoms with Crippen LogP contribution in [0, 0.1) is 0 Å². The fourth-order valence-electron chi connectivity index (χ4n) is 2.32. The van der Waals surface area contributed by atoms with E-state index >= 15 is 0 Å². The lowest BCUT2D eigenvalue weighted by Gasteiger charge is -2.13. The van der Waals surface area contributed by atoms with Crippen molar-refractivity contribution >= 4 is 39.3 Å². The average Bonchev–Trinajstić information content (AvgIpc) is 2.91. The topological polar surface area (TPSA) is 17.8 Å². The zero-order valence-electron chi connectivity index (χ0n) is 12.8. The van der Waals surface area contributed by atoms with Crippen LogP contribution in [0.25, 0.3) is 16.9 Å². The Balaban J connectivity index is 2.16. The van der Waals surface area contributed by atoms with Gasteiger partial charge in [0.05, 0.1) is 11.9 Å². The summed E-state index contributed by atoms with van der Waals surface area (Å²) in [7, 11) is 0. The van der Waals surface area contributed by atoms with Crippen LogP contribution in [0.3, 0.4) is 0 Å². The van der Waals surface area contributed by atoms with E-state index in [9.17, 15) is 0 Å². The van der Waals surface area contributed by atoms with Crippen molar-refractivity contribution in [2.75, 3.05) is 0 Å². The highest BCUT2D eigenvalue weighted by molar-refractivity contribution is 9.10. The molecule has 0 amide bonds. The molecular formula is C18H16BrClN2S. The van der Waals surface area contributed by atoms with Gasteiger partial charge in [-0.15, -0.1) is 0 Å². The molecule has 0 aliphatic carbocycles. The van der Waals surface area contributed by atoms with Gasteiger partial charge in [-0.05, 0) is 30.3 Å². The summed E-state index contributed by atoms with van der Waals surface area (Å²) < 4.78 is 3.23. The summed E-state index contributed by atoms with van der Waals surface area (Å²) in [5.41, 5.74) is 3.20. The van der Waals surface area contributed by atoms with Gasteiger partial charge in [0.2, 0.25) is 0 Å². The second-order valence-electron chi connectivity index (χ2n) is 5.41. The molecule has 118 valence electrons. The molecule has 0 bridgehead atoms. The second-order valence-corrected chi connectivity index (χ2v) is 8.31. The maximum atomic E-state index is 6.19. The average molecular weight is 408 g/mol. The molecule has 0 saturated carbocycles. The fraction of sp³-hybridized carbons (Fsp3) is 0.167. The van der Waals surface area contributed by atoms with Crippen LogP contribution in [0.5, 0.6) is 0 Å². The van der Waals surface area contributed by atoms with Crippen molar-refractivity contribution in [1.29, 1.82) is 0 Å². The van der Waals surface area contributed by atoms with Crippen molar-refractivity contribution in [2.45, 2.75) is 24.3 Å². The maximum absolute atomic E-state index is 6.19. The predicted octanol–water partition coefficient (Wildman–Crippen LogP) is 6.46. The van der Waals surface area contributed by atoms with Gasteiger partial charge in [-0.2, -0.15) is 0 Å². The quantitative estimate of drug-likeness (QED) is 0.462. The summed E-state index contributed by atoms with van der Waals surface area (Å²) in [6.07, 6.45) is 1.93. The molecule has 0 saturated heterocycles. The van der Waals surface area contributed by atoms with E-state index in [1.807, 2.05) is 36.5 Å². The molecule has 0 aliphatic heterocycles. The number of hydrogen-bond acceptors (Lipinski definition) is 2. The van der Waals surface area contributed by atoms with Crippen LogP contribution in [0.15, 0.2) is 64.4 Å². The predicted molar refractivity (Wildman–Crippen MR) is 103 cm³/mol. The van der Waals surface area contributed by atoms with Crippen molar-refractivity contribution in [3.05, 3.63) is 64.2 Å². The minimum Gasteiger partial charge on any atom is -0.287 e. The van der Waals surface area contributed by atoms with Crippen molar-refractivity contribution in [1.82, 2.24) is 9.55 Å². The summed E-state index contributed by atoms with van der Waals surface area (Å²) in [4.78, 5) is 4.63. The Kier molecular flexibility index (Phi) is 5.14. The summed E-state index contributed by atoms with van der Waals surface area (Å²) in [5.74, 6) is 0. The molecule has 0 fully saturated rings. The zero-order chi connectivity index (χ0) is 16.4. The Morgan fingerprint density at radius 3 is 2.52 bits per heavy atom. The standard InChI is InChI=1S/C18H16BrClN2S/c1-12(2)23-18-21-11-17(13-6-8-14(19)9-7-13)22(18)16-5-3-4-15(20)10-16/h3-12H,1-2H3. The Hall–Kier alpha value is -1.23. The monoisotopic (exact) mass is 406 g/mol. The first kappa shape index (κ1) is 16.6. The molecule has 0 radical (unpaired) electrons. The van der Waals surface area contributed by atoms with E-state index in [4.69, 9.17) is 11.6 Å². The maximum Gasteiger partial charge on any atom is 0.173 e. The van der Waals surface area contributed by atoms with E-state index in [1.165, 1.54) is 0 Å². The van der Waals surface area contributed by atoms with E-state index < -0.39 is 0 Å². The van der Waals surface area contributed by atoms with Crippen LogP contribution < -0.4 is 0 Å². The molecule has 1 heterocycles. The third-order valence-electron chi connectivity index (χ3n) is 3.28. The first-order chi connectivity index (χ1) is 11.0. The van der Waals surface area contributed by atoms with Crippen LogP contribution in [0.1, 0.15) is 13.8 Å². The third kappa shape index (κ3) is 3.82. The van der Waals surface area contributed by atoms with E-state index in [1.54, 1.807) is 11.8 Å². The molecule has 0 atom stereocenters. The number of aromatic nitrogens is 2. The molecule has 2 aromatic carbocycles. The molecular weight excluding hydrogens is 392 g/mol. The first-order valence-electron chi connectivity index (χ1n) is 7.31. The minimum absolute atomic E-state index is 0.452. The number of halogens is 2. The molecule has 2 nitrogen and oxygen atoms in total. The summed E-state index contributed by atoms with van der Waals surface area (Å²) in [5, 5.41) is 2.15. The van der Waals surface area contributed by atoms with E-state index in [0.717, 1.165) is 31.6 Å². The van der Waals surface area contributed by atoms with Gasteiger partial charge in [0.1, 0.15) is 0 Å². The van der Waals surface area contributed by atoms with Gasteiger partial charge in [-0.1, -0.05) is 71.3 Å². The van der Waals surface area contributed by atoms with E-state index in [-0.39, 0.29) is 0 Å². The van der Waals surface area contributed by atoms with Crippen molar-refractivity contribution < 1.29 is 0 Å². The lowest BCUT2D eigenvalue weighted by atomic mass is 10.1. The molecule has 0 spiro atoms. The van der Waals surface area contributed by atoms with Gasteiger partial charge in [0, 0.05) is 26.0 Å². The minimum atomic E-state index is 0.452. The van der Waals surface area contributed by atoms with Gasteiger partial charge in [0.15, 0.2) is 5.16 Å². The zero-order valence-corrected chi connectivity index (χ0v) is 16.0. The van der Waals surface area contributed by atoms with Crippen molar-refractivity contribution in [2.24, 2.45) is 0 Å². The van der Waals surface area contributed by atoms with Gasteiger partial charge >= 0.3 is 0 Å². The lowest BCUT2D eigenvalue weighted by Crippen LogP contribution is -2.01. The Morgan fingerprint density at radius 1 is 1.13 bits per heavy atom. The van der Waals surface area contributed by atoms with Crippen LogP contribution in [0.2, 0.25) is 5.02 Å². The number of imidazole rings is 1. The van der Waals surface area contributed by atoms with Crippen LogP contribution in [0.4, 0.5) is 0 Å². The normalized spacial score (nSPS) is 11.2. The van der Waals surface area contributed by atoms with Crippen LogP contribution in [-0.4, -0.2) is 14.8 Å². The Labute approximate surface area is 154 Å².